The molecule has 0 bridgehead atoms. The lowest BCUT2D eigenvalue weighted by atomic mass is 10.1. The van der Waals surface area contributed by atoms with Gasteiger partial charge < -0.3 is 15.0 Å². The summed E-state index contributed by atoms with van der Waals surface area (Å²) in [5.41, 5.74) is 0. The minimum Gasteiger partial charge on any atom is -0.380 e. The van der Waals surface area contributed by atoms with Crippen molar-refractivity contribution in [3.05, 3.63) is 0 Å². The van der Waals surface area contributed by atoms with E-state index in [-0.39, 0.29) is 11.8 Å². The summed E-state index contributed by atoms with van der Waals surface area (Å²) in [5.74, 6) is 0.884. The Kier molecular flexibility index (Phi) is 9.87. The molecular weight excluding hydrogens is 294 g/mol. The van der Waals surface area contributed by atoms with E-state index in [1.165, 1.54) is 0 Å². The highest BCUT2D eigenvalue weighted by atomic mass is 16.5. The molecule has 1 fully saturated rings. The maximum Gasteiger partial charge on any atom is 0.234 e. The van der Waals surface area contributed by atoms with Gasteiger partial charge in [-0.2, -0.15) is 0 Å². The molecule has 0 aromatic carbocycles. The van der Waals surface area contributed by atoms with Crippen molar-refractivity contribution in [2.75, 3.05) is 52.5 Å². The molecule has 0 atom stereocenters. The molecule has 0 saturated carbocycles. The Morgan fingerprint density at radius 1 is 1.13 bits per heavy atom. The Balaban J connectivity index is 2.13. The molecule has 0 unspecified atom stereocenters. The minimum atomic E-state index is 0.0349. The average Bonchev–Trinajstić information content (AvgIpc) is 2.75. The van der Waals surface area contributed by atoms with Crippen molar-refractivity contribution in [3.8, 4) is 0 Å². The Labute approximate surface area is 140 Å². The third-order valence-corrected chi connectivity index (χ3v) is 4.02. The van der Waals surface area contributed by atoms with Crippen LogP contribution in [0.5, 0.6) is 0 Å². The van der Waals surface area contributed by atoms with Gasteiger partial charge in [-0.1, -0.05) is 20.8 Å². The molecule has 134 valence electrons. The molecule has 2 amide bonds. The summed E-state index contributed by atoms with van der Waals surface area (Å²) in [6.45, 7) is 11.7. The van der Waals surface area contributed by atoms with Crippen molar-refractivity contribution in [2.24, 2.45) is 5.92 Å². The first-order valence-corrected chi connectivity index (χ1v) is 8.87. The van der Waals surface area contributed by atoms with Crippen LogP contribution in [0, 0.1) is 5.92 Å². The van der Waals surface area contributed by atoms with Gasteiger partial charge in [0.25, 0.3) is 0 Å². The quantitative estimate of drug-likeness (QED) is 0.645. The van der Waals surface area contributed by atoms with Crippen LogP contribution in [0.4, 0.5) is 0 Å². The van der Waals surface area contributed by atoms with Gasteiger partial charge in [0.2, 0.25) is 11.8 Å². The summed E-state index contributed by atoms with van der Waals surface area (Å²) in [6, 6.07) is 0. The zero-order chi connectivity index (χ0) is 17.1. The van der Waals surface area contributed by atoms with E-state index in [0.717, 1.165) is 45.6 Å². The monoisotopic (exact) mass is 327 g/mol. The number of carbonyl (C=O) groups is 2. The van der Waals surface area contributed by atoms with Gasteiger partial charge in [0.15, 0.2) is 0 Å². The summed E-state index contributed by atoms with van der Waals surface area (Å²) >= 11 is 0. The Morgan fingerprint density at radius 2 is 1.91 bits per heavy atom. The van der Waals surface area contributed by atoms with E-state index in [0.29, 0.717) is 32.0 Å². The van der Waals surface area contributed by atoms with Crippen LogP contribution in [0.3, 0.4) is 0 Å². The average molecular weight is 327 g/mol. The zero-order valence-corrected chi connectivity index (χ0v) is 15.0. The lowest BCUT2D eigenvalue weighted by Crippen LogP contribution is -2.40. The van der Waals surface area contributed by atoms with E-state index in [9.17, 15) is 9.59 Å². The van der Waals surface area contributed by atoms with E-state index in [2.05, 4.69) is 24.1 Å². The number of nitrogens with one attached hydrogen (secondary N) is 1. The van der Waals surface area contributed by atoms with E-state index >= 15 is 0 Å². The van der Waals surface area contributed by atoms with Gasteiger partial charge in [0, 0.05) is 45.8 Å². The van der Waals surface area contributed by atoms with E-state index in [1.807, 2.05) is 11.8 Å². The zero-order valence-electron chi connectivity index (χ0n) is 15.0. The number of amides is 2. The second kappa shape index (κ2) is 11.4. The van der Waals surface area contributed by atoms with Crippen molar-refractivity contribution in [2.45, 2.75) is 40.0 Å². The number of rotatable bonds is 9. The molecule has 1 N–H and O–H groups in total. The predicted octanol–water partition coefficient (Wildman–Crippen LogP) is 1.11. The molecule has 0 aliphatic carbocycles. The molecule has 6 nitrogen and oxygen atoms in total. The van der Waals surface area contributed by atoms with Crippen LogP contribution >= 0.6 is 0 Å². The summed E-state index contributed by atoms with van der Waals surface area (Å²) in [4.78, 5) is 27.7. The summed E-state index contributed by atoms with van der Waals surface area (Å²) in [6.07, 6.45) is 2.53. The highest BCUT2D eigenvalue weighted by molar-refractivity contribution is 5.78. The molecule has 1 aliphatic rings. The summed E-state index contributed by atoms with van der Waals surface area (Å²) in [5, 5.41) is 2.90. The number of hydrogen-bond donors (Lipinski definition) is 1. The van der Waals surface area contributed by atoms with Crippen molar-refractivity contribution >= 4 is 11.8 Å². The standard InChI is InChI=1S/C17H33N3O3/c1-4-17(22)20-9-5-8-19(10-11-20)14-16(21)18-7-13-23-12-6-15(2)3/h15H,4-14H2,1-3H3,(H,18,21). The first kappa shape index (κ1) is 19.9. The highest BCUT2D eigenvalue weighted by Crippen LogP contribution is 2.04. The van der Waals surface area contributed by atoms with Gasteiger partial charge in [0.1, 0.15) is 0 Å². The smallest absolute Gasteiger partial charge is 0.234 e. The Morgan fingerprint density at radius 3 is 2.61 bits per heavy atom. The second-order valence-electron chi connectivity index (χ2n) is 6.51. The molecule has 0 aromatic heterocycles. The minimum absolute atomic E-state index is 0.0349. The lowest BCUT2D eigenvalue weighted by molar-refractivity contribution is -0.130. The third-order valence-electron chi connectivity index (χ3n) is 4.02. The first-order valence-electron chi connectivity index (χ1n) is 8.87. The molecule has 1 heterocycles. The van der Waals surface area contributed by atoms with Gasteiger partial charge in [-0.3, -0.25) is 14.5 Å². The molecule has 1 saturated heterocycles. The number of carbonyl (C=O) groups excluding carboxylic acids is 2. The molecule has 23 heavy (non-hydrogen) atoms. The van der Waals surface area contributed by atoms with Crippen molar-refractivity contribution in [3.63, 3.8) is 0 Å². The van der Waals surface area contributed by atoms with E-state index in [4.69, 9.17) is 4.74 Å². The van der Waals surface area contributed by atoms with Crippen LogP contribution in [-0.4, -0.2) is 74.1 Å². The van der Waals surface area contributed by atoms with Crippen LogP contribution < -0.4 is 5.32 Å². The number of hydrogen-bond acceptors (Lipinski definition) is 4. The van der Waals surface area contributed by atoms with Crippen LogP contribution in [0.15, 0.2) is 0 Å². The predicted molar refractivity (Wildman–Crippen MR) is 91.2 cm³/mol. The maximum absolute atomic E-state index is 11.9. The molecule has 1 aliphatic heterocycles. The van der Waals surface area contributed by atoms with Crippen LogP contribution in [0.1, 0.15) is 40.0 Å². The topological polar surface area (TPSA) is 61.9 Å². The fourth-order valence-electron chi connectivity index (χ4n) is 2.54. The molecule has 0 radical (unpaired) electrons. The van der Waals surface area contributed by atoms with Crippen LogP contribution in [0.2, 0.25) is 0 Å². The SMILES string of the molecule is CCC(=O)N1CCCN(CC(=O)NCCOCCC(C)C)CC1. The van der Waals surface area contributed by atoms with Crippen molar-refractivity contribution in [1.82, 2.24) is 15.1 Å². The largest absolute Gasteiger partial charge is 0.380 e. The lowest BCUT2D eigenvalue weighted by Gasteiger charge is -2.21. The molecule has 6 heteroatoms. The van der Waals surface area contributed by atoms with Gasteiger partial charge in [-0.05, 0) is 18.8 Å². The highest BCUT2D eigenvalue weighted by Gasteiger charge is 2.19. The normalized spacial score (nSPS) is 16.4. The first-order chi connectivity index (χ1) is 11.0. The van der Waals surface area contributed by atoms with Crippen LogP contribution in [0.25, 0.3) is 0 Å². The Hall–Kier alpha value is -1.14. The van der Waals surface area contributed by atoms with Gasteiger partial charge >= 0.3 is 0 Å². The summed E-state index contributed by atoms with van der Waals surface area (Å²) in [7, 11) is 0. The molecule has 0 aromatic rings. The number of nitrogens with zero attached hydrogens (tertiary/aromatic N) is 2. The molecule has 1 rings (SSSR count). The maximum atomic E-state index is 11.9. The van der Waals surface area contributed by atoms with E-state index < -0.39 is 0 Å². The van der Waals surface area contributed by atoms with Crippen molar-refractivity contribution < 1.29 is 14.3 Å². The van der Waals surface area contributed by atoms with Gasteiger partial charge in [-0.15, -0.1) is 0 Å². The van der Waals surface area contributed by atoms with Crippen molar-refractivity contribution in [1.29, 1.82) is 0 Å². The molecule has 0 spiro atoms. The van der Waals surface area contributed by atoms with Gasteiger partial charge in [0.05, 0.1) is 13.2 Å². The van der Waals surface area contributed by atoms with Gasteiger partial charge in [-0.25, -0.2) is 0 Å². The van der Waals surface area contributed by atoms with Crippen LogP contribution in [-0.2, 0) is 14.3 Å². The molecular formula is C17H33N3O3. The third kappa shape index (κ3) is 8.91. The second-order valence-corrected chi connectivity index (χ2v) is 6.51. The Bertz CT molecular complexity index is 361. The number of ether oxygens (including phenoxy) is 1. The van der Waals surface area contributed by atoms with E-state index in [1.54, 1.807) is 0 Å². The fraction of sp³-hybridized carbons (Fsp3) is 0.882. The fourth-order valence-corrected chi connectivity index (χ4v) is 2.54. The summed E-state index contributed by atoms with van der Waals surface area (Å²) < 4.78 is 5.49.